The molecular weight excluding hydrogens is 398 g/mol. The van der Waals surface area contributed by atoms with E-state index < -0.39 is 0 Å². The topological polar surface area (TPSA) is 75.4 Å². The van der Waals surface area contributed by atoms with E-state index in [-0.39, 0.29) is 11.8 Å². The fourth-order valence-electron chi connectivity index (χ4n) is 2.85. The molecule has 140 valence electrons. The van der Waals surface area contributed by atoms with Gasteiger partial charge in [0, 0.05) is 55.6 Å². The minimum absolute atomic E-state index is 0.206. The van der Waals surface area contributed by atoms with Gasteiger partial charge in [0.25, 0.3) is 0 Å². The molecule has 26 heavy (non-hydrogen) atoms. The van der Waals surface area contributed by atoms with E-state index in [1.807, 2.05) is 30.9 Å². The number of anilines is 1. The van der Waals surface area contributed by atoms with Gasteiger partial charge in [-0.2, -0.15) is 4.98 Å². The van der Waals surface area contributed by atoms with Crippen LogP contribution >= 0.6 is 15.9 Å². The van der Waals surface area contributed by atoms with Crippen molar-refractivity contribution >= 4 is 27.7 Å². The summed E-state index contributed by atoms with van der Waals surface area (Å²) < 4.78 is 5.25. The van der Waals surface area contributed by atoms with Gasteiger partial charge in [0.15, 0.2) is 0 Å². The zero-order valence-electron chi connectivity index (χ0n) is 15.2. The molecule has 0 unspecified atom stereocenters. The molecule has 0 atom stereocenters. The summed E-state index contributed by atoms with van der Waals surface area (Å²) in [6.45, 7) is 7.12. The first-order valence-electron chi connectivity index (χ1n) is 8.97. The monoisotopic (exact) mass is 421 g/mol. The number of pyridine rings is 1. The number of aromatic nitrogens is 3. The lowest BCUT2D eigenvalue weighted by atomic mass is 10.2. The van der Waals surface area contributed by atoms with E-state index in [9.17, 15) is 4.79 Å². The number of alkyl halides is 1. The van der Waals surface area contributed by atoms with Crippen molar-refractivity contribution in [1.82, 2.24) is 20.0 Å². The Morgan fingerprint density at radius 2 is 2.04 bits per heavy atom. The Kier molecular flexibility index (Phi) is 6.24. The molecule has 0 aliphatic carbocycles. The van der Waals surface area contributed by atoms with Crippen LogP contribution in [0, 0.1) is 0 Å². The molecule has 0 saturated carbocycles. The van der Waals surface area contributed by atoms with Crippen molar-refractivity contribution in [3.05, 3.63) is 24.2 Å². The van der Waals surface area contributed by atoms with E-state index in [2.05, 4.69) is 36.0 Å². The lowest BCUT2D eigenvalue weighted by Gasteiger charge is -2.35. The molecule has 0 N–H and O–H groups in total. The number of hydrogen-bond acceptors (Lipinski definition) is 6. The minimum atomic E-state index is 0.206. The maximum atomic E-state index is 12.1. The van der Waals surface area contributed by atoms with Crippen molar-refractivity contribution in [2.45, 2.75) is 32.6 Å². The third kappa shape index (κ3) is 4.41. The van der Waals surface area contributed by atoms with E-state index in [1.165, 1.54) is 0 Å². The zero-order valence-corrected chi connectivity index (χ0v) is 16.8. The van der Waals surface area contributed by atoms with Gasteiger partial charge in [-0.15, -0.1) is 0 Å². The van der Waals surface area contributed by atoms with Gasteiger partial charge in [-0.25, -0.2) is 4.98 Å². The lowest BCUT2D eigenvalue weighted by molar-refractivity contribution is -0.131. The summed E-state index contributed by atoms with van der Waals surface area (Å²) >= 11 is 3.37. The van der Waals surface area contributed by atoms with Gasteiger partial charge in [-0.3, -0.25) is 4.79 Å². The molecule has 1 amide bonds. The molecular formula is C18H24BrN5O2. The maximum absolute atomic E-state index is 12.1. The standard InChI is InChI=1S/C18H24BrN5O2/c1-13(2)18-21-17(22-26-18)14-5-6-15(20-12-14)23-8-10-24(11-9-23)16(25)4-3-7-19/h5-6,12-13H,3-4,7-11H2,1-2H3. The molecule has 0 spiro atoms. The Balaban J connectivity index is 1.58. The summed E-state index contributed by atoms with van der Waals surface area (Å²) in [4.78, 5) is 25.2. The molecule has 2 aromatic heterocycles. The zero-order chi connectivity index (χ0) is 18.5. The SMILES string of the molecule is CC(C)c1nc(-c2ccc(N3CCN(C(=O)CCCBr)CC3)nc2)no1. The van der Waals surface area contributed by atoms with Crippen LogP contribution in [-0.2, 0) is 4.79 Å². The molecule has 3 heterocycles. The number of rotatable bonds is 6. The van der Waals surface area contributed by atoms with Crippen molar-refractivity contribution in [2.24, 2.45) is 0 Å². The van der Waals surface area contributed by atoms with E-state index in [1.54, 1.807) is 6.20 Å². The molecule has 1 aliphatic heterocycles. The number of halogens is 1. The summed E-state index contributed by atoms with van der Waals surface area (Å²) in [7, 11) is 0. The molecule has 3 rings (SSSR count). The van der Waals surface area contributed by atoms with Gasteiger partial charge in [0.1, 0.15) is 5.82 Å². The smallest absolute Gasteiger partial charge is 0.229 e. The van der Waals surface area contributed by atoms with Gasteiger partial charge >= 0.3 is 0 Å². The van der Waals surface area contributed by atoms with Crippen molar-refractivity contribution in [3.63, 3.8) is 0 Å². The summed E-state index contributed by atoms with van der Waals surface area (Å²) in [6, 6.07) is 3.94. The van der Waals surface area contributed by atoms with Gasteiger partial charge in [0.2, 0.25) is 17.6 Å². The van der Waals surface area contributed by atoms with Crippen LogP contribution in [0.2, 0.25) is 0 Å². The van der Waals surface area contributed by atoms with E-state index in [4.69, 9.17) is 4.52 Å². The number of piperazine rings is 1. The average Bonchev–Trinajstić information content (AvgIpc) is 3.17. The lowest BCUT2D eigenvalue weighted by Crippen LogP contribution is -2.49. The predicted molar refractivity (Wildman–Crippen MR) is 103 cm³/mol. The third-order valence-corrected chi connectivity index (χ3v) is 4.98. The molecule has 7 nitrogen and oxygen atoms in total. The van der Waals surface area contributed by atoms with Crippen LogP contribution in [-0.4, -0.2) is 57.4 Å². The van der Waals surface area contributed by atoms with E-state index in [0.717, 1.165) is 49.3 Å². The van der Waals surface area contributed by atoms with Gasteiger partial charge in [0.05, 0.1) is 0 Å². The van der Waals surface area contributed by atoms with Gasteiger partial charge in [-0.1, -0.05) is 34.9 Å². The first-order chi connectivity index (χ1) is 12.6. The average molecular weight is 422 g/mol. The van der Waals surface area contributed by atoms with Crippen LogP contribution in [0.4, 0.5) is 5.82 Å². The number of amides is 1. The minimum Gasteiger partial charge on any atom is -0.353 e. The van der Waals surface area contributed by atoms with Gasteiger partial charge in [-0.05, 0) is 18.6 Å². The second-order valence-corrected chi connectivity index (χ2v) is 7.47. The first kappa shape index (κ1) is 18.8. The maximum Gasteiger partial charge on any atom is 0.229 e. The summed E-state index contributed by atoms with van der Waals surface area (Å²) in [5.41, 5.74) is 0.841. The highest BCUT2D eigenvalue weighted by Gasteiger charge is 2.21. The van der Waals surface area contributed by atoms with Crippen LogP contribution in [0.15, 0.2) is 22.9 Å². The largest absolute Gasteiger partial charge is 0.353 e. The normalized spacial score (nSPS) is 14.9. The predicted octanol–water partition coefficient (Wildman–Crippen LogP) is 3.08. The Hall–Kier alpha value is -1.96. The quantitative estimate of drug-likeness (QED) is 0.667. The number of hydrogen-bond donors (Lipinski definition) is 0. The van der Waals surface area contributed by atoms with Crippen molar-refractivity contribution < 1.29 is 9.32 Å². The highest BCUT2D eigenvalue weighted by molar-refractivity contribution is 9.09. The molecule has 1 saturated heterocycles. The molecule has 1 aliphatic rings. The molecule has 8 heteroatoms. The summed E-state index contributed by atoms with van der Waals surface area (Å²) in [5.74, 6) is 2.55. The molecule has 0 radical (unpaired) electrons. The van der Waals surface area contributed by atoms with Crippen LogP contribution in [0.25, 0.3) is 11.4 Å². The highest BCUT2D eigenvalue weighted by atomic mass is 79.9. The Morgan fingerprint density at radius 1 is 1.27 bits per heavy atom. The fraction of sp³-hybridized carbons (Fsp3) is 0.556. The second kappa shape index (κ2) is 8.62. The van der Waals surface area contributed by atoms with Crippen molar-refractivity contribution in [1.29, 1.82) is 0 Å². The first-order valence-corrected chi connectivity index (χ1v) is 10.1. The number of carbonyl (C=O) groups excluding carboxylic acids is 1. The molecule has 2 aromatic rings. The van der Waals surface area contributed by atoms with Crippen molar-refractivity contribution in [2.75, 3.05) is 36.4 Å². The molecule has 0 aromatic carbocycles. The summed E-state index contributed by atoms with van der Waals surface area (Å²) in [5, 5.41) is 4.89. The van der Waals surface area contributed by atoms with Gasteiger partial charge < -0.3 is 14.3 Å². The van der Waals surface area contributed by atoms with Crippen molar-refractivity contribution in [3.8, 4) is 11.4 Å². The van der Waals surface area contributed by atoms with E-state index in [0.29, 0.717) is 18.1 Å². The Morgan fingerprint density at radius 3 is 2.62 bits per heavy atom. The Labute approximate surface area is 161 Å². The molecule has 1 fully saturated rings. The Bertz CT molecular complexity index is 723. The number of nitrogens with zero attached hydrogens (tertiary/aromatic N) is 5. The van der Waals surface area contributed by atoms with Crippen LogP contribution in [0.3, 0.4) is 0 Å². The van der Waals surface area contributed by atoms with Crippen LogP contribution in [0.1, 0.15) is 38.5 Å². The highest BCUT2D eigenvalue weighted by Crippen LogP contribution is 2.21. The second-order valence-electron chi connectivity index (χ2n) is 6.68. The summed E-state index contributed by atoms with van der Waals surface area (Å²) in [6.07, 6.45) is 3.27. The third-order valence-electron chi connectivity index (χ3n) is 4.42. The van der Waals surface area contributed by atoms with Crippen LogP contribution < -0.4 is 4.90 Å². The molecule has 0 bridgehead atoms. The number of carbonyl (C=O) groups is 1. The van der Waals surface area contributed by atoms with E-state index >= 15 is 0 Å². The fourth-order valence-corrected chi connectivity index (χ4v) is 3.13. The van der Waals surface area contributed by atoms with Crippen LogP contribution in [0.5, 0.6) is 0 Å².